The highest BCUT2D eigenvalue weighted by Crippen LogP contribution is 2.33. The minimum absolute atomic E-state index is 0.567. The van der Waals surface area contributed by atoms with Crippen LogP contribution in [-0.4, -0.2) is 13.0 Å². The Bertz CT molecular complexity index is 473. The Labute approximate surface area is 94.8 Å². The van der Waals surface area contributed by atoms with Gasteiger partial charge in [0.15, 0.2) is 6.07 Å². The highest BCUT2D eigenvalue weighted by molar-refractivity contribution is 6.03. The number of aryl methyl sites for hydroxylation is 2. The predicted octanol–water partition coefficient (Wildman–Crippen LogP) is 2.08. The molecule has 1 aromatic rings. The summed E-state index contributed by atoms with van der Waals surface area (Å²) in [6, 6.07) is 3.47. The summed E-state index contributed by atoms with van der Waals surface area (Å²) in [5, 5.41) is 11.0. The van der Waals surface area contributed by atoms with Crippen molar-refractivity contribution in [3.05, 3.63) is 22.8 Å². The van der Waals surface area contributed by atoms with Crippen molar-refractivity contribution in [1.82, 2.24) is 0 Å². The largest absolute Gasteiger partial charge is 0.494 e. The lowest BCUT2D eigenvalue weighted by Gasteiger charge is -2.15. The molecule has 0 aliphatic carbocycles. The molecule has 4 nitrogen and oxygen atoms in total. The van der Waals surface area contributed by atoms with Gasteiger partial charge in [-0.1, -0.05) is 6.07 Å². The number of ether oxygens (including phenoxy) is 1. The molecule has 0 radical (unpaired) electrons. The highest BCUT2D eigenvalue weighted by atomic mass is 16.5. The zero-order valence-corrected chi connectivity index (χ0v) is 9.84. The van der Waals surface area contributed by atoms with E-state index in [9.17, 15) is 4.79 Å². The van der Waals surface area contributed by atoms with Crippen LogP contribution in [0.1, 0.15) is 16.7 Å². The van der Waals surface area contributed by atoms with Gasteiger partial charge in [-0.25, -0.2) is 0 Å². The molecule has 0 aliphatic heterocycles. The van der Waals surface area contributed by atoms with Gasteiger partial charge in [0.25, 0.3) is 0 Å². The lowest BCUT2D eigenvalue weighted by Crippen LogP contribution is -2.11. The molecular weight excluding hydrogens is 204 g/mol. The fourth-order valence-corrected chi connectivity index (χ4v) is 1.60. The normalized spacial score (nSPS) is 9.44. The summed E-state index contributed by atoms with van der Waals surface area (Å²) >= 11 is 0. The summed E-state index contributed by atoms with van der Waals surface area (Å²) in [6.45, 7) is 5.75. The second kappa shape index (κ2) is 4.67. The zero-order valence-electron chi connectivity index (χ0n) is 9.84. The highest BCUT2D eigenvalue weighted by Gasteiger charge is 2.14. The van der Waals surface area contributed by atoms with Gasteiger partial charge in [-0.05, 0) is 37.5 Å². The van der Waals surface area contributed by atoms with Gasteiger partial charge in [0, 0.05) is 0 Å². The van der Waals surface area contributed by atoms with E-state index in [1.807, 2.05) is 26.8 Å². The maximum atomic E-state index is 11.1. The van der Waals surface area contributed by atoms with Crippen molar-refractivity contribution in [2.24, 2.45) is 0 Å². The topological polar surface area (TPSA) is 62.1 Å². The Morgan fingerprint density at radius 2 is 2.00 bits per heavy atom. The van der Waals surface area contributed by atoms with Crippen molar-refractivity contribution in [3.63, 3.8) is 0 Å². The predicted molar refractivity (Wildman–Crippen MR) is 61.4 cm³/mol. The van der Waals surface area contributed by atoms with Crippen molar-refractivity contribution >= 4 is 11.6 Å². The number of carbonyl (C=O) groups is 1. The molecular formula is C12H14N2O2. The van der Waals surface area contributed by atoms with Crippen LogP contribution in [0.2, 0.25) is 0 Å². The molecule has 1 aromatic carbocycles. The fourth-order valence-electron chi connectivity index (χ4n) is 1.60. The molecule has 84 valence electrons. The van der Waals surface area contributed by atoms with E-state index < -0.39 is 5.91 Å². The lowest BCUT2D eigenvalue weighted by atomic mass is 10.0. The second-order valence-corrected chi connectivity index (χ2v) is 3.61. The van der Waals surface area contributed by atoms with E-state index in [2.05, 4.69) is 5.32 Å². The van der Waals surface area contributed by atoms with Gasteiger partial charge in [-0.3, -0.25) is 4.79 Å². The molecule has 4 heteroatoms. The number of rotatable bonds is 2. The number of benzene rings is 1. The van der Waals surface area contributed by atoms with E-state index in [0.717, 1.165) is 16.7 Å². The number of nitriles is 1. The van der Waals surface area contributed by atoms with Crippen molar-refractivity contribution in [2.45, 2.75) is 20.8 Å². The van der Waals surface area contributed by atoms with E-state index in [4.69, 9.17) is 10.00 Å². The third kappa shape index (κ3) is 2.14. The minimum Gasteiger partial charge on any atom is -0.494 e. The number of nitrogens with one attached hydrogen (secondary N) is 1. The van der Waals surface area contributed by atoms with Crippen LogP contribution >= 0.6 is 0 Å². The van der Waals surface area contributed by atoms with E-state index >= 15 is 0 Å². The van der Waals surface area contributed by atoms with Gasteiger partial charge >= 0.3 is 5.91 Å². The van der Waals surface area contributed by atoms with Crippen LogP contribution in [0.25, 0.3) is 0 Å². The SMILES string of the molecule is COc1c(C)c(C)cc(C)c1NC(=O)C#N. The molecule has 16 heavy (non-hydrogen) atoms. The zero-order chi connectivity index (χ0) is 12.3. The molecule has 1 rings (SSSR count). The maximum absolute atomic E-state index is 11.1. The van der Waals surface area contributed by atoms with Gasteiger partial charge < -0.3 is 10.1 Å². The third-order valence-corrected chi connectivity index (χ3v) is 2.53. The molecule has 0 bridgehead atoms. The first-order chi connectivity index (χ1) is 7.51. The average molecular weight is 218 g/mol. The van der Waals surface area contributed by atoms with Crippen LogP contribution in [0.3, 0.4) is 0 Å². The Hall–Kier alpha value is -2.02. The van der Waals surface area contributed by atoms with Crippen molar-refractivity contribution in [1.29, 1.82) is 5.26 Å². The number of anilines is 1. The number of hydrogen-bond donors (Lipinski definition) is 1. The van der Waals surface area contributed by atoms with E-state index in [0.29, 0.717) is 11.4 Å². The molecule has 0 atom stereocenters. The van der Waals surface area contributed by atoms with E-state index in [-0.39, 0.29) is 0 Å². The molecule has 0 saturated carbocycles. The van der Waals surface area contributed by atoms with Gasteiger partial charge in [-0.2, -0.15) is 5.26 Å². The monoisotopic (exact) mass is 218 g/mol. The first kappa shape index (κ1) is 12.1. The summed E-state index contributed by atoms with van der Waals surface area (Å²) in [4.78, 5) is 11.1. The van der Waals surface area contributed by atoms with Crippen LogP contribution in [0.4, 0.5) is 5.69 Å². The molecule has 0 fully saturated rings. The molecule has 0 saturated heterocycles. The molecule has 0 aromatic heterocycles. The second-order valence-electron chi connectivity index (χ2n) is 3.61. The Morgan fingerprint density at radius 1 is 1.38 bits per heavy atom. The number of nitrogens with zero attached hydrogens (tertiary/aromatic N) is 1. The van der Waals surface area contributed by atoms with Gasteiger partial charge in [-0.15, -0.1) is 0 Å². The van der Waals surface area contributed by atoms with Gasteiger partial charge in [0.2, 0.25) is 0 Å². The first-order valence-electron chi connectivity index (χ1n) is 4.87. The van der Waals surface area contributed by atoms with Crippen molar-refractivity contribution < 1.29 is 9.53 Å². The summed E-state index contributed by atoms with van der Waals surface area (Å²) in [6.07, 6.45) is 0. The quantitative estimate of drug-likeness (QED) is 0.773. The van der Waals surface area contributed by atoms with E-state index in [1.165, 1.54) is 6.07 Å². The van der Waals surface area contributed by atoms with Crippen LogP contribution in [0, 0.1) is 32.1 Å². The Morgan fingerprint density at radius 3 is 2.50 bits per heavy atom. The first-order valence-corrected chi connectivity index (χ1v) is 4.87. The fraction of sp³-hybridized carbons (Fsp3) is 0.333. The maximum Gasteiger partial charge on any atom is 0.326 e. The number of hydrogen-bond acceptors (Lipinski definition) is 3. The molecule has 1 amide bonds. The third-order valence-electron chi connectivity index (χ3n) is 2.53. The van der Waals surface area contributed by atoms with Gasteiger partial charge in [0.1, 0.15) is 5.75 Å². The van der Waals surface area contributed by atoms with Crippen LogP contribution in [-0.2, 0) is 4.79 Å². The molecule has 0 unspecified atom stereocenters. The summed E-state index contributed by atoms with van der Waals surface area (Å²) in [7, 11) is 1.54. The van der Waals surface area contributed by atoms with Crippen LogP contribution < -0.4 is 10.1 Å². The van der Waals surface area contributed by atoms with Crippen molar-refractivity contribution in [2.75, 3.05) is 12.4 Å². The molecule has 0 heterocycles. The molecule has 0 spiro atoms. The smallest absolute Gasteiger partial charge is 0.326 e. The number of carbonyl (C=O) groups excluding carboxylic acids is 1. The standard InChI is InChI=1S/C12H14N2O2/c1-7-5-8(2)11(14-10(15)6-13)12(16-4)9(7)3/h5H,1-4H3,(H,14,15). The lowest BCUT2D eigenvalue weighted by molar-refractivity contribution is -0.111. The minimum atomic E-state index is -0.690. The van der Waals surface area contributed by atoms with Crippen LogP contribution in [0.15, 0.2) is 6.07 Å². The summed E-state index contributed by atoms with van der Waals surface area (Å²) in [5.41, 5.74) is 3.49. The Balaban J connectivity index is 3.32. The van der Waals surface area contributed by atoms with E-state index in [1.54, 1.807) is 7.11 Å². The van der Waals surface area contributed by atoms with Crippen molar-refractivity contribution in [3.8, 4) is 11.8 Å². The molecule has 0 aliphatic rings. The average Bonchev–Trinajstić information content (AvgIpc) is 2.26. The number of methoxy groups -OCH3 is 1. The summed E-state index contributed by atoms with van der Waals surface area (Å²) in [5.74, 6) is -0.0780. The molecule has 1 N–H and O–H groups in total. The summed E-state index contributed by atoms with van der Waals surface area (Å²) < 4.78 is 5.26. The van der Waals surface area contributed by atoms with Crippen LogP contribution in [0.5, 0.6) is 5.75 Å². The number of amides is 1. The van der Waals surface area contributed by atoms with Gasteiger partial charge in [0.05, 0.1) is 12.8 Å². The Kier molecular flexibility index (Phi) is 3.51.